The molecule has 5 atom stereocenters. The Labute approximate surface area is 140 Å². The molecule has 1 N–H and O–H groups in total. The van der Waals surface area contributed by atoms with E-state index in [0.29, 0.717) is 5.92 Å². The van der Waals surface area contributed by atoms with Crippen molar-refractivity contribution in [2.75, 3.05) is 6.61 Å². The maximum Gasteiger partial charge on any atom is 0.0942 e. The molecule has 3 aliphatic rings. The molecule has 2 saturated heterocycles. The van der Waals surface area contributed by atoms with Gasteiger partial charge < -0.3 is 14.6 Å². The molecule has 0 saturated carbocycles. The summed E-state index contributed by atoms with van der Waals surface area (Å²) in [7, 11) is 0. The number of aliphatic hydroxyl groups is 1. The summed E-state index contributed by atoms with van der Waals surface area (Å²) in [6.07, 6.45) is 10.5. The summed E-state index contributed by atoms with van der Waals surface area (Å²) < 4.78 is 12.1. The monoisotopic (exact) mass is 320 g/mol. The van der Waals surface area contributed by atoms with E-state index in [2.05, 4.69) is 32.9 Å². The quantitative estimate of drug-likeness (QED) is 0.583. The van der Waals surface area contributed by atoms with E-state index in [1.165, 1.54) is 11.1 Å². The molecule has 0 radical (unpaired) electrons. The molecule has 3 heterocycles. The number of hydrogen-bond donors (Lipinski definition) is 1. The molecular weight excluding hydrogens is 288 g/mol. The molecule has 0 aromatic carbocycles. The fraction of sp³-hybridized carbons (Fsp3) is 0.800. The van der Waals surface area contributed by atoms with Crippen molar-refractivity contribution in [3.63, 3.8) is 0 Å². The molecule has 130 valence electrons. The largest absolute Gasteiger partial charge is 0.387 e. The van der Waals surface area contributed by atoms with Crippen LogP contribution in [0.3, 0.4) is 0 Å². The number of rotatable bonds is 1. The predicted octanol–water partition coefficient (Wildman–Crippen LogP) is 4.16. The van der Waals surface area contributed by atoms with Gasteiger partial charge in [-0.25, -0.2) is 0 Å². The molecule has 0 unspecified atom stereocenters. The average Bonchev–Trinajstić information content (AvgIpc) is 3.05. The Morgan fingerprint density at radius 2 is 1.83 bits per heavy atom. The van der Waals surface area contributed by atoms with E-state index in [-0.39, 0.29) is 17.8 Å². The molecule has 0 aromatic rings. The van der Waals surface area contributed by atoms with Crippen LogP contribution >= 0.6 is 0 Å². The second-order valence-corrected chi connectivity index (χ2v) is 8.35. The van der Waals surface area contributed by atoms with Gasteiger partial charge in [0.2, 0.25) is 0 Å². The second kappa shape index (κ2) is 6.34. The summed E-state index contributed by atoms with van der Waals surface area (Å²) in [5, 5.41) is 11.0. The van der Waals surface area contributed by atoms with Gasteiger partial charge in [0, 0.05) is 5.92 Å². The van der Waals surface area contributed by atoms with Crippen LogP contribution in [0, 0.1) is 5.92 Å². The average molecular weight is 320 g/mol. The highest BCUT2D eigenvalue weighted by molar-refractivity contribution is 5.11. The molecule has 3 nitrogen and oxygen atoms in total. The lowest BCUT2D eigenvalue weighted by atomic mass is 9.81. The normalized spacial score (nSPS) is 49.9. The minimum atomic E-state index is -0.763. The first-order valence-corrected chi connectivity index (χ1v) is 9.13. The summed E-state index contributed by atoms with van der Waals surface area (Å²) >= 11 is 0. The van der Waals surface area contributed by atoms with Crippen LogP contribution in [0.5, 0.6) is 0 Å². The van der Waals surface area contributed by atoms with E-state index in [4.69, 9.17) is 9.47 Å². The Hall–Kier alpha value is -0.640. The molecule has 3 rings (SSSR count). The van der Waals surface area contributed by atoms with Crippen LogP contribution in [0.2, 0.25) is 0 Å². The van der Waals surface area contributed by atoms with Gasteiger partial charge in [-0.1, -0.05) is 23.3 Å². The van der Waals surface area contributed by atoms with E-state index in [1.54, 1.807) is 0 Å². The highest BCUT2D eigenvalue weighted by Crippen LogP contribution is 2.48. The van der Waals surface area contributed by atoms with Crippen molar-refractivity contribution in [3.05, 3.63) is 23.3 Å². The van der Waals surface area contributed by atoms with Gasteiger partial charge in [0.25, 0.3) is 0 Å². The Morgan fingerprint density at radius 1 is 1.13 bits per heavy atom. The van der Waals surface area contributed by atoms with Crippen LogP contribution in [0.15, 0.2) is 23.3 Å². The lowest BCUT2D eigenvalue weighted by Crippen LogP contribution is -2.39. The molecule has 23 heavy (non-hydrogen) atoms. The highest BCUT2D eigenvalue weighted by atomic mass is 16.6. The highest BCUT2D eigenvalue weighted by Gasteiger charge is 2.56. The number of hydrogen-bond acceptors (Lipinski definition) is 3. The van der Waals surface area contributed by atoms with Gasteiger partial charge in [-0.3, -0.25) is 0 Å². The summed E-state index contributed by atoms with van der Waals surface area (Å²) in [5.74, 6) is 0.391. The van der Waals surface area contributed by atoms with E-state index >= 15 is 0 Å². The summed E-state index contributed by atoms with van der Waals surface area (Å²) in [6, 6.07) is 0. The lowest BCUT2D eigenvalue weighted by molar-refractivity contribution is -0.0981. The Balaban J connectivity index is 1.82. The van der Waals surface area contributed by atoms with Crippen LogP contribution in [0.1, 0.15) is 66.2 Å². The maximum atomic E-state index is 11.0. The lowest BCUT2D eigenvalue weighted by Gasteiger charge is -2.29. The van der Waals surface area contributed by atoms with E-state index < -0.39 is 5.60 Å². The minimum absolute atomic E-state index is 0.0384. The smallest absolute Gasteiger partial charge is 0.0942 e. The zero-order chi connectivity index (χ0) is 16.7. The molecule has 2 bridgehead atoms. The second-order valence-electron chi connectivity index (χ2n) is 8.35. The first kappa shape index (κ1) is 17.2. The number of ether oxygens (including phenoxy) is 2. The van der Waals surface area contributed by atoms with Gasteiger partial charge in [0.05, 0.1) is 30.0 Å². The number of fused-ring (bicyclic) bond motifs is 2. The fourth-order valence-corrected chi connectivity index (χ4v) is 4.13. The van der Waals surface area contributed by atoms with Crippen molar-refractivity contribution >= 4 is 0 Å². The van der Waals surface area contributed by atoms with E-state index in [1.807, 2.05) is 6.92 Å². The summed E-state index contributed by atoms with van der Waals surface area (Å²) in [5.41, 5.74) is 2.02. The predicted molar refractivity (Wildman–Crippen MR) is 92.3 cm³/mol. The van der Waals surface area contributed by atoms with Crippen LogP contribution in [-0.2, 0) is 9.47 Å². The standard InChI is InChI=1S/C20H32O3/c1-14-7-5-8-15(2)11-17-16(20(4)13-22-20)12-18(23-17)19(3,21)10-6-9-14/h8-9,16-18,21H,5-7,10-13H2,1-4H3/b14-9+,15-8+/t16-,17-,18+,19-,20-/m0/s1. The summed E-state index contributed by atoms with van der Waals surface area (Å²) in [4.78, 5) is 0. The fourth-order valence-electron chi connectivity index (χ4n) is 4.13. The van der Waals surface area contributed by atoms with Gasteiger partial charge in [-0.15, -0.1) is 0 Å². The third-order valence-corrected chi connectivity index (χ3v) is 6.03. The van der Waals surface area contributed by atoms with Crippen molar-refractivity contribution in [1.82, 2.24) is 0 Å². The van der Waals surface area contributed by atoms with Gasteiger partial charge in [0.1, 0.15) is 0 Å². The topological polar surface area (TPSA) is 42.0 Å². The molecular formula is C20H32O3. The first-order valence-electron chi connectivity index (χ1n) is 9.13. The van der Waals surface area contributed by atoms with E-state index in [9.17, 15) is 5.11 Å². The van der Waals surface area contributed by atoms with Gasteiger partial charge in [-0.05, 0) is 66.2 Å². The van der Waals surface area contributed by atoms with E-state index in [0.717, 1.165) is 45.1 Å². The Morgan fingerprint density at radius 3 is 2.52 bits per heavy atom. The van der Waals surface area contributed by atoms with Gasteiger partial charge in [-0.2, -0.15) is 0 Å². The van der Waals surface area contributed by atoms with Crippen LogP contribution in [0.25, 0.3) is 0 Å². The number of allylic oxidation sites excluding steroid dienone is 3. The van der Waals surface area contributed by atoms with Crippen molar-refractivity contribution < 1.29 is 14.6 Å². The van der Waals surface area contributed by atoms with Crippen molar-refractivity contribution in [2.45, 2.75) is 89.6 Å². The molecule has 0 spiro atoms. The van der Waals surface area contributed by atoms with Crippen molar-refractivity contribution in [3.8, 4) is 0 Å². The first-order chi connectivity index (χ1) is 10.8. The molecule has 3 aliphatic heterocycles. The van der Waals surface area contributed by atoms with Gasteiger partial charge >= 0.3 is 0 Å². The minimum Gasteiger partial charge on any atom is -0.387 e. The van der Waals surface area contributed by atoms with Crippen molar-refractivity contribution in [2.24, 2.45) is 5.92 Å². The molecule has 0 aliphatic carbocycles. The maximum absolute atomic E-state index is 11.0. The zero-order valence-electron chi connectivity index (χ0n) is 15.1. The SMILES string of the molecule is C/C1=C\CC[C@](C)(O)[C@H]2C[C@H]([C@]3(C)CO3)[C@H](C/C(C)=C/CC1)O2. The Kier molecular flexibility index (Phi) is 4.74. The van der Waals surface area contributed by atoms with Crippen LogP contribution in [-0.4, -0.2) is 35.1 Å². The third kappa shape index (κ3) is 3.89. The van der Waals surface area contributed by atoms with Crippen molar-refractivity contribution in [1.29, 1.82) is 0 Å². The van der Waals surface area contributed by atoms with Gasteiger partial charge in [0.15, 0.2) is 0 Å². The molecule has 3 heteroatoms. The molecule has 0 amide bonds. The Bertz CT molecular complexity index is 499. The van der Waals surface area contributed by atoms with Crippen LogP contribution in [0.4, 0.5) is 0 Å². The number of epoxide rings is 1. The zero-order valence-corrected chi connectivity index (χ0v) is 15.1. The third-order valence-electron chi connectivity index (χ3n) is 6.03. The molecule has 0 aromatic heterocycles. The summed E-state index contributed by atoms with van der Waals surface area (Å²) in [6.45, 7) is 9.37. The van der Waals surface area contributed by atoms with Crippen LogP contribution < -0.4 is 0 Å². The molecule has 2 fully saturated rings.